The molecule has 0 amide bonds. The van der Waals surface area contributed by atoms with Crippen LogP contribution in [-0.4, -0.2) is 28.6 Å². The van der Waals surface area contributed by atoms with Crippen molar-refractivity contribution in [2.75, 3.05) is 0 Å². The van der Waals surface area contributed by atoms with Gasteiger partial charge in [-0.1, -0.05) is 32.1 Å². The van der Waals surface area contributed by atoms with Gasteiger partial charge in [0, 0.05) is 24.8 Å². The predicted octanol–water partition coefficient (Wildman–Crippen LogP) is 7.90. The molecule has 6 heteroatoms. The lowest BCUT2D eigenvalue weighted by Gasteiger charge is -2.20. The Morgan fingerprint density at radius 1 is 1.20 bits per heavy atom. The Bertz CT molecular complexity index is 1380. The Hall–Kier alpha value is -4.11. The molecule has 0 bridgehead atoms. The monoisotopic (exact) mass is 542 g/mol. The number of Topliss-reactive ketones (excluding diaryl/α,β-unsaturated/α-hetero) is 2. The Morgan fingerprint density at radius 2 is 1.93 bits per heavy atom. The molecule has 0 aliphatic rings. The summed E-state index contributed by atoms with van der Waals surface area (Å²) < 4.78 is 14.4. The molecule has 0 saturated heterocycles. The van der Waals surface area contributed by atoms with Crippen molar-refractivity contribution < 1.29 is 19.1 Å². The van der Waals surface area contributed by atoms with Crippen LogP contribution >= 0.6 is 0 Å². The maximum atomic E-state index is 14.4. The molecule has 0 aromatic heterocycles. The highest BCUT2D eigenvalue weighted by atomic mass is 19.1. The summed E-state index contributed by atoms with van der Waals surface area (Å²) in [4.78, 5) is 30.5. The molecule has 210 valence electrons. The summed E-state index contributed by atoms with van der Waals surface area (Å²) in [6.45, 7) is 11.5. The van der Waals surface area contributed by atoms with E-state index in [9.17, 15) is 19.1 Å². The third-order valence-electron chi connectivity index (χ3n) is 6.84. The van der Waals surface area contributed by atoms with E-state index in [1.807, 2.05) is 26.0 Å². The molecule has 0 radical (unpaired) electrons. The first-order chi connectivity index (χ1) is 19.0. The summed E-state index contributed by atoms with van der Waals surface area (Å²) in [5.74, 6) is 1.35. The van der Waals surface area contributed by atoms with Gasteiger partial charge in [-0.15, -0.1) is 12.3 Å². The van der Waals surface area contributed by atoms with Crippen LogP contribution in [0.15, 0.2) is 59.1 Å². The van der Waals surface area contributed by atoms with Crippen molar-refractivity contribution in [3.8, 4) is 18.1 Å². The number of phenols is 1. The number of aliphatic imine (C=N–C) groups is 1. The molecule has 2 N–H and O–H groups in total. The highest BCUT2D eigenvalue weighted by Crippen LogP contribution is 2.35. The molecule has 5 nitrogen and oxygen atoms in total. The van der Waals surface area contributed by atoms with Gasteiger partial charge in [-0.3, -0.25) is 14.6 Å². The van der Waals surface area contributed by atoms with Crippen LogP contribution in [0.3, 0.4) is 0 Å². The molecular formula is C34H39FN2O3. The highest BCUT2D eigenvalue weighted by molar-refractivity contribution is 6.27. The number of terminal acetylenes is 1. The molecule has 40 heavy (non-hydrogen) atoms. The fraction of sp³-hybridized carbons (Fsp3) is 0.353. The number of halogens is 1. The van der Waals surface area contributed by atoms with Crippen LogP contribution in [0.2, 0.25) is 0 Å². The number of hydrogen-bond donors (Lipinski definition) is 2. The van der Waals surface area contributed by atoms with E-state index in [4.69, 9.17) is 16.8 Å². The smallest absolute Gasteiger partial charge is 0.172 e. The number of nitrogens with one attached hydrogen (secondary N) is 1. The summed E-state index contributed by atoms with van der Waals surface area (Å²) in [7, 11) is 0. The second-order valence-corrected chi connectivity index (χ2v) is 10.0. The molecule has 1 unspecified atom stereocenters. The highest BCUT2D eigenvalue weighted by Gasteiger charge is 2.24. The molecule has 2 aromatic carbocycles. The topological polar surface area (TPSA) is 90.6 Å². The van der Waals surface area contributed by atoms with Crippen LogP contribution in [-0.2, 0) is 16.0 Å². The first kappa shape index (κ1) is 32.1. The van der Waals surface area contributed by atoms with Gasteiger partial charge >= 0.3 is 0 Å². The molecule has 1 atom stereocenters. The van der Waals surface area contributed by atoms with Crippen molar-refractivity contribution in [2.24, 2.45) is 10.9 Å². The van der Waals surface area contributed by atoms with Gasteiger partial charge < -0.3 is 10.5 Å². The van der Waals surface area contributed by atoms with E-state index in [1.165, 1.54) is 19.1 Å². The van der Waals surface area contributed by atoms with Crippen LogP contribution in [0.1, 0.15) is 76.0 Å². The van der Waals surface area contributed by atoms with Crippen molar-refractivity contribution >= 4 is 34.8 Å². The number of ketones is 2. The quantitative estimate of drug-likeness (QED) is 0.0598. The summed E-state index contributed by atoms with van der Waals surface area (Å²) in [5.41, 5.74) is 4.20. The van der Waals surface area contributed by atoms with Crippen molar-refractivity contribution in [1.29, 1.82) is 5.41 Å². The third kappa shape index (κ3) is 8.71. The van der Waals surface area contributed by atoms with Crippen LogP contribution in [0, 0.1) is 36.4 Å². The van der Waals surface area contributed by atoms with Gasteiger partial charge in [-0.05, 0) is 104 Å². The van der Waals surface area contributed by atoms with E-state index in [0.29, 0.717) is 40.8 Å². The second-order valence-electron chi connectivity index (χ2n) is 10.0. The Labute approximate surface area is 237 Å². The number of aryl methyl sites for hydroxylation is 1. The normalized spacial score (nSPS) is 12.8. The Kier molecular flexibility index (Phi) is 12.4. The van der Waals surface area contributed by atoms with E-state index >= 15 is 0 Å². The van der Waals surface area contributed by atoms with Gasteiger partial charge in [-0.25, -0.2) is 4.39 Å². The third-order valence-corrected chi connectivity index (χ3v) is 6.84. The largest absolute Gasteiger partial charge is 0.506 e. The van der Waals surface area contributed by atoms with Gasteiger partial charge in [-0.2, -0.15) is 0 Å². The Morgan fingerprint density at radius 3 is 2.55 bits per heavy atom. The number of phenolic OH excluding ortho intramolecular Hbond substituents is 1. The van der Waals surface area contributed by atoms with E-state index in [1.54, 1.807) is 12.1 Å². The molecule has 0 aliphatic carbocycles. The molecule has 0 saturated carbocycles. The van der Waals surface area contributed by atoms with Crippen molar-refractivity contribution in [2.45, 2.75) is 72.6 Å². The zero-order valence-corrected chi connectivity index (χ0v) is 23.9. The number of nitrogens with zero attached hydrogens (tertiary/aromatic N) is 1. The Balaban J connectivity index is 2.44. The number of rotatable bonds is 15. The lowest BCUT2D eigenvalue weighted by Crippen LogP contribution is -2.15. The average Bonchev–Trinajstić information content (AvgIpc) is 2.89. The standard InChI is InChI=1S/C34H39FN2O3/c1-7-10-26(24(5)37-30-20-22(3)14-17-31(30)39)13-9-12-23(4)33(34(25(6)38)32(40)18-19-36)29-21-28(35)16-15-27(29)11-8-2/h2,14-17,19-21,26,36,39H,4,7,9-13,18H2,1,3,5-6H3/b34-33+,36-19?,37-24?. The number of aromatic hydroxyl groups is 1. The fourth-order valence-electron chi connectivity index (χ4n) is 4.86. The molecule has 0 fully saturated rings. The van der Waals surface area contributed by atoms with Crippen molar-refractivity contribution in [1.82, 2.24) is 0 Å². The zero-order chi connectivity index (χ0) is 29.8. The molecule has 2 aromatic rings. The summed E-state index contributed by atoms with van der Waals surface area (Å²) in [5, 5.41) is 17.6. The molecular weight excluding hydrogens is 503 g/mol. The SMILES string of the molecule is C#CCc1ccc(F)cc1/C(C(=C)CCCC(CCC)C(C)=Nc1cc(C)ccc1O)=C(\C(C)=O)C(=O)CC=N. The molecule has 2 rings (SSSR count). The first-order valence-corrected chi connectivity index (χ1v) is 13.6. The van der Waals surface area contributed by atoms with Gasteiger partial charge in [0.15, 0.2) is 11.6 Å². The van der Waals surface area contributed by atoms with Gasteiger partial charge in [0.25, 0.3) is 0 Å². The maximum absolute atomic E-state index is 14.4. The first-order valence-electron chi connectivity index (χ1n) is 13.6. The lowest BCUT2D eigenvalue weighted by molar-refractivity contribution is -0.119. The number of benzene rings is 2. The van der Waals surface area contributed by atoms with Gasteiger partial charge in [0.1, 0.15) is 17.3 Å². The summed E-state index contributed by atoms with van der Waals surface area (Å²) in [6, 6.07) is 9.48. The summed E-state index contributed by atoms with van der Waals surface area (Å²) in [6.07, 6.45) is 10.2. The van der Waals surface area contributed by atoms with Crippen LogP contribution in [0.4, 0.5) is 10.1 Å². The van der Waals surface area contributed by atoms with Crippen LogP contribution in [0.5, 0.6) is 5.75 Å². The number of carbonyl (C=O) groups is 2. The molecule has 0 spiro atoms. The molecule has 0 heterocycles. The minimum Gasteiger partial charge on any atom is -0.506 e. The lowest BCUT2D eigenvalue weighted by atomic mass is 9.83. The van der Waals surface area contributed by atoms with Gasteiger partial charge in [0.05, 0.1) is 5.57 Å². The molecule has 0 aliphatic heterocycles. The maximum Gasteiger partial charge on any atom is 0.172 e. The number of carbonyl (C=O) groups excluding carboxylic acids is 2. The van der Waals surface area contributed by atoms with Gasteiger partial charge in [0.2, 0.25) is 0 Å². The van der Waals surface area contributed by atoms with Crippen LogP contribution in [0.25, 0.3) is 5.57 Å². The number of hydrogen-bond acceptors (Lipinski definition) is 5. The van der Waals surface area contributed by atoms with E-state index in [2.05, 4.69) is 19.4 Å². The van der Waals surface area contributed by atoms with E-state index in [0.717, 1.165) is 36.8 Å². The van der Waals surface area contributed by atoms with Crippen molar-refractivity contribution in [3.63, 3.8) is 0 Å². The summed E-state index contributed by atoms with van der Waals surface area (Å²) >= 11 is 0. The fourth-order valence-corrected chi connectivity index (χ4v) is 4.86. The second kappa shape index (κ2) is 15.5. The average molecular weight is 543 g/mol. The van der Waals surface area contributed by atoms with E-state index in [-0.39, 0.29) is 30.1 Å². The zero-order valence-electron chi connectivity index (χ0n) is 23.9. The minimum absolute atomic E-state index is 0.0878. The number of allylic oxidation sites excluding steroid dienone is 3. The predicted molar refractivity (Wildman–Crippen MR) is 162 cm³/mol. The van der Waals surface area contributed by atoms with Crippen molar-refractivity contribution in [3.05, 3.63) is 76.6 Å². The van der Waals surface area contributed by atoms with E-state index < -0.39 is 17.4 Å². The van der Waals surface area contributed by atoms with Crippen LogP contribution < -0.4 is 0 Å². The minimum atomic E-state index is -0.516.